The molecule has 1 atom stereocenters. The SMILES string of the molecule is C=CC(C)NCc1ccc(C(N)=O)cc1C. The van der Waals surface area contributed by atoms with Crippen LogP contribution in [-0.2, 0) is 6.54 Å². The fraction of sp³-hybridized carbons (Fsp3) is 0.308. The van der Waals surface area contributed by atoms with E-state index in [0.29, 0.717) is 5.56 Å². The first-order valence-electron chi connectivity index (χ1n) is 5.30. The summed E-state index contributed by atoms with van der Waals surface area (Å²) in [5.74, 6) is -0.387. The van der Waals surface area contributed by atoms with Crippen LogP contribution < -0.4 is 11.1 Å². The van der Waals surface area contributed by atoms with Gasteiger partial charge in [-0.3, -0.25) is 4.79 Å². The van der Waals surface area contributed by atoms with Gasteiger partial charge in [-0.2, -0.15) is 0 Å². The lowest BCUT2D eigenvalue weighted by molar-refractivity contribution is 0.1000. The van der Waals surface area contributed by atoms with E-state index in [1.54, 1.807) is 6.07 Å². The molecule has 1 aromatic carbocycles. The quantitative estimate of drug-likeness (QED) is 0.740. The number of benzene rings is 1. The lowest BCUT2D eigenvalue weighted by Gasteiger charge is -2.11. The summed E-state index contributed by atoms with van der Waals surface area (Å²) in [6.07, 6.45) is 1.85. The number of carbonyl (C=O) groups is 1. The van der Waals surface area contributed by atoms with Crippen molar-refractivity contribution in [2.75, 3.05) is 0 Å². The molecule has 0 radical (unpaired) electrons. The van der Waals surface area contributed by atoms with E-state index in [1.807, 2.05) is 32.1 Å². The van der Waals surface area contributed by atoms with Crippen molar-refractivity contribution in [2.45, 2.75) is 26.4 Å². The van der Waals surface area contributed by atoms with Crippen LogP contribution in [-0.4, -0.2) is 11.9 Å². The summed E-state index contributed by atoms with van der Waals surface area (Å²) in [6, 6.07) is 5.77. The van der Waals surface area contributed by atoms with Crippen LogP contribution in [0.1, 0.15) is 28.4 Å². The zero-order valence-corrected chi connectivity index (χ0v) is 9.79. The van der Waals surface area contributed by atoms with Crippen LogP contribution in [0.15, 0.2) is 30.9 Å². The Balaban J connectivity index is 2.75. The summed E-state index contributed by atoms with van der Waals surface area (Å²) >= 11 is 0. The van der Waals surface area contributed by atoms with Gasteiger partial charge < -0.3 is 11.1 Å². The van der Waals surface area contributed by atoms with Gasteiger partial charge in [0.25, 0.3) is 0 Å². The summed E-state index contributed by atoms with van der Waals surface area (Å²) in [4.78, 5) is 11.0. The molecule has 0 saturated heterocycles. The number of carbonyl (C=O) groups excluding carboxylic acids is 1. The standard InChI is InChI=1S/C13H18N2O/c1-4-10(3)15-8-12-6-5-11(13(14)16)7-9(12)2/h4-7,10,15H,1,8H2,2-3H3,(H2,14,16). The first kappa shape index (κ1) is 12.5. The minimum Gasteiger partial charge on any atom is -0.366 e. The van der Waals surface area contributed by atoms with Crippen molar-refractivity contribution in [1.82, 2.24) is 5.32 Å². The molecular formula is C13H18N2O. The highest BCUT2D eigenvalue weighted by Crippen LogP contribution is 2.10. The van der Waals surface area contributed by atoms with Gasteiger partial charge in [0.15, 0.2) is 0 Å². The van der Waals surface area contributed by atoms with Gasteiger partial charge in [0.05, 0.1) is 0 Å². The van der Waals surface area contributed by atoms with E-state index in [9.17, 15) is 4.79 Å². The average molecular weight is 218 g/mol. The van der Waals surface area contributed by atoms with Gasteiger partial charge in [-0.25, -0.2) is 0 Å². The topological polar surface area (TPSA) is 55.1 Å². The number of rotatable bonds is 5. The van der Waals surface area contributed by atoms with Crippen LogP contribution >= 0.6 is 0 Å². The van der Waals surface area contributed by atoms with Crippen LogP contribution in [0.2, 0.25) is 0 Å². The number of aryl methyl sites for hydroxylation is 1. The van der Waals surface area contributed by atoms with Crippen molar-refractivity contribution in [3.8, 4) is 0 Å². The van der Waals surface area contributed by atoms with E-state index in [2.05, 4.69) is 11.9 Å². The van der Waals surface area contributed by atoms with E-state index < -0.39 is 0 Å². The van der Waals surface area contributed by atoms with Crippen LogP contribution in [0.4, 0.5) is 0 Å². The van der Waals surface area contributed by atoms with Crippen molar-refractivity contribution in [2.24, 2.45) is 5.73 Å². The third kappa shape index (κ3) is 3.21. The maximum absolute atomic E-state index is 11.0. The largest absolute Gasteiger partial charge is 0.366 e. The zero-order chi connectivity index (χ0) is 12.1. The maximum Gasteiger partial charge on any atom is 0.248 e. The van der Waals surface area contributed by atoms with Crippen LogP contribution in [0.3, 0.4) is 0 Å². The van der Waals surface area contributed by atoms with Crippen molar-refractivity contribution < 1.29 is 4.79 Å². The second-order valence-corrected chi connectivity index (χ2v) is 3.91. The number of hydrogen-bond donors (Lipinski definition) is 2. The number of primary amides is 1. The fourth-order valence-corrected chi connectivity index (χ4v) is 1.40. The summed E-state index contributed by atoms with van der Waals surface area (Å²) in [5, 5.41) is 3.30. The molecule has 0 bridgehead atoms. The number of amides is 1. The molecule has 0 aliphatic carbocycles. The van der Waals surface area contributed by atoms with E-state index in [0.717, 1.165) is 12.1 Å². The Labute approximate surface area is 96.3 Å². The van der Waals surface area contributed by atoms with E-state index in [-0.39, 0.29) is 11.9 Å². The zero-order valence-electron chi connectivity index (χ0n) is 9.79. The highest BCUT2D eigenvalue weighted by molar-refractivity contribution is 5.93. The number of hydrogen-bond acceptors (Lipinski definition) is 2. The molecular weight excluding hydrogens is 200 g/mol. The molecule has 86 valence electrons. The molecule has 1 rings (SSSR count). The van der Waals surface area contributed by atoms with Gasteiger partial charge >= 0.3 is 0 Å². The predicted molar refractivity (Wildman–Crippen MR) is 66.2 cm³/mol. The Kier molecular flexibility index (Phi) is 4.26. The number of nitrogens with one attached hydrogen (secondary N) is 1. The van der Waals surface area contributed by atoms with Gasteiger partial charge in [-0.1, -0.05) is 12.1 Å². The average Bonchev–Trinajstić information content (AvgIpc) is 2.26. The smallest absolute Gasteiger partial charge is 0.248 e. The molecule has 0 saturated carbocycles. The van der Waals surface area contributed by atoms with Crippen LogP contribution in [0, 0.1) is 6.92 Å². The first-order valence-corrected chi connectivity index (χ1v) is 5.30. The second kappa shape index (κ2) is 5.47. The van der Waals surface area contributed by atoms with Gasteiger partial charge in [0, 0.05) is 18.2 Å². The Hall–Kier alpha value is -1.61. The summed E-state index contributed by atoms with van der Waals surface area (Å²) in [6.45, 7) is 8.49. The lowest BCUT2D eigenvalue weighted by Crippen LogP contribution is -2.23. The Morgan fingerprint density at radius 2 is 2.31 bits per heavy atom. The fourth-order valence-electron chi connectivity index (χ4n) is 1.40. The third-order valence-corrected chi connectivity index (χ3v) is 2.60. The molecule has 1 aromatic rings. The number of nitrogens with two attached hydrogens (primary N) is 1. The van der Waals surface area contributed by atoms with Crippen LogP contribution in [0.5, 0.6) is 0 Å². The molecule has 0 spiro atoms. The Morgan fingerprint density at radius 1 is 1.62 bits per heavy atom. The van der Waals surface area contributed by atoms with Gasteiger partial charge in [0.2, 0.25) is 5.91 Å². The summed E-state index contributed by atoms with van der Waals surface area (Å²) in [5.41, 5.74) is 8.00. The first-order chi connectivity index (χ1) is 7.54. The summed E-state index contributed by atoms with van der Waals surface area (Å²) < 4.78 is 0. The van der Waals surface area contributed by atoms with Crippen molar-refractivity contribution in [1.29, 1.82) is 0 Å². The van der Waals surface area contributed by atoms with Crippen LogP contribution in [0.25, 0.3) is 0 Å². The predicted octanol–water partition coefficient (Wildman–Crippen LogP) is 1.76. The molecule has 0 fully saturated rings. The highest BCUT2D eigenvalue weighted by Gasteiger charge is 2.04. The van der Waals surface area contributed by atoms with Crippen molar-refractivity contribution in [3.63, 3.8) is 0 Å². The monoisotopic (exact) mass is 218 g/mol. The molecule has 0 aromatic heterocycles. The minimum atomic E-state index is -0.387. The van der Waals surface area contributed by atoms with Gasteiger partial charge in [-0.15, -0.1) is 6.58 Å². The second-order valence-electron chi connectivity index (χ2n) is 3.91. The highest BCUT2D eigenvalue weighted by atomic mass is 16.1. The Bertz CT molecular complexity index is 399. The molecule has 0 aliphatic rings. The maximum atomic E-state index is 11.0. The Morgan fingerprint density at radius 3 is 2.81 bits per heavy atom. The van der Waals surface area contributed by atoms with E-state index >= 15 is 0 Å². The molecule has 1 unspecified atom stereocenters. The third-order valence-electron chi connectivity index (χ3n) is 2.60. The van der Waals surface area contributed by atoms with Crippen molar-refractivity contribution >= 4 is 5.91 Å². The molecule has 0 aliphatic heterocycles. The van der Waals surface area contributed by atoms with E-state index in [4.69, 9.17) is 5.73 Å². The van der Waals surface area contributed by atoms with Gasteiger partial charge in [-0.05, 0) is 37.1 Å². The molecule has 1 amide bonds. The molecule has 16 heavy (non-hydrogen) atoms. The van der Waals surface area contributed by atoms with E-state index in [1.165, 1.54) is 5.56 Å². The molecule has 3 heteroatoms. The molecule has 3 nitrogen and oxygen atoms in total. The van der Waals surface area contributed by atoms with Gasteiger partial charge in [0.1, 0.15) is 0 Å². The molecule has 3 N–H and O–H groups in total. The molecule has 0 heterocycles. The minimum absolute atomic E-state index is 0.273. The van der Waals surface area contributed by atoms with Crippen molar-refractivity contribution in [3.05, 3.63) is 47.5 Å². The lowest BCUT2D eigenvalue weighted by atomic mass is 10.0. The summed E-state index contributed by atoms with van der Waals surface area (Å²) in [7, 11) is 0. The normalized spacial score (nSPS) is 12.1.